The molecule has 0 amide bonds. The summed E-state index contributed by atoms with van der Waals surface area (Å²) < 4.78 is 4.84. The van der Waals surface area contributed by atoms with Crippen molar-refractivity contribution in [1.82, 2.24) is 9.38 Å². The lowest BCUT2D eigenvalue weighted by Crippen LogP contribution is -2.37. The number of aryl methyl sites for hydroxylation is 3. The van der Waals surface area contributed by atoms with E-state index in [1.54, 1.807) is 0 Å². The van der Waals surface area contributed by atoms with Gasteiger partial charge in [-0.1, -0.05) is 75.9 Å². The molecule has 3 aromatic heterocycles. The third kappa shape index (κ3) is 3.34. The van der Waals surface area contributed by atoms with Gasteiger partial charge in [-0.25, -0.2) is 4.57 Å². The summed E-state index contributed by atoms with van der Waals surface area (Å²) in [5, 5.41) is 9.66. The molecular weight excluding hydrogens is 490 g/mol. The second kappa shape index (κ2) is 7.79. The van der Waals surface area contributed by atoms with Crippen LogP contribution >= 0.6 is 0 Å². The van der Waals surface area contributed by atoms with E-state index in [4.69, 9.17) is 4.98 Å². The van der Waals surface area contributed by atoms with Gasteiger partial charge in [-0.15, -0.1) is 0 Å². The van der Waals surface area contributed by atoms with E-state index in [-0.39, 0.29) is 5.41 Å². The summed E-state index contributed by atoms with van der Waals surface area (Å²) in [4.78, 5) is 4.91. The SMILES string of the molecule is Cc1c2cc(CC(C)(C)C)ccc2c(C)c2c1c1c3c(ccc4c5c([Si](C)(C)C)cccc5n2c43)nc[n+]1C. The molecule has 39 heavy (non-hydrogen) atoms. The average molecular weight is 529 g/mol. The number of nitrogens with zero attached hydrogens (tertiary/aromatic N) is 3. The molecule has 0 atom stereocenters. The molecule has 0 unspecified atom stereocenters. The summed E-state index contributed by atoms with van der Waals surface area (Å²) in [6.07, 6.45) is 3.06. The summed E-state index contributed by atoms with van der Waals surface area (Å²) in [6, 6.07) is 18.7. The van der Waals surface area contributed by atoms with Crippen LogP contribution < -0.4 is 9.75 Å². The van der Waals surface area contributed by atoms with Gasteiger partial charge in [0.25, 0.3) is 6.33 Å². The van der Waals surface area contributed by atoms with Gasteiger partial charge < -0.3 is 4.40 Å². The van der Waals surface area contributed by atoms with Crippen LogP contribution in [0.5, 0.6) is 0 Å². The van der Waals surface area contributed by atoms with Gasteiger partial charge in [0, 0.05) is 10.8 Å². The van der Waals surface area contributed by atoms with Crippen LogP contribution in [-0.4, -0.2) is 17.5 Å². The van der Waals surface area contributed by atoms with E-state index in [2.05, 4.69) is 119 Å². The van der Waals surface area contributed by atoms with Crippen molar-refractivity contribution in [3.63, 3.8) is 0 Å². The van der Waals surface area contributed by atoms with Crippen molar-refractivity contribution in [1.29, 1.82) is 0 Å². The standard InChI is InChI=1S/C35H38N3Si/c1-20-25-17-22(18-35(3,4)5)13-14-23(25)21(2)32-29(20)34-31-26(36-19-37(34)6)16-15-24-30-27(38(32)33(24)31)11-10-12-28(30)39(7,8)9/h10-17,19H,18H2,1-9H3/q+1. The largest absolute Gasteiger partial charge is 0.307 e. The average Bonchev–Trinajstić information content (AvgIpc) is 3.20. The zero-order valence-electron chi connectivity index (χ0n) is 24.7. The van der Waals surface area contributed by atoms with E-state index in [0.29, 0.717) is 0 Å². The number of hydrogen-bond donors (Lipinski definition) is 0. The predicted octanol–water partition coefficient (Wildman–Crippen LogP) is 8.11. The van der Waals surface area contributed by atoms with Crippen molar-refractivity contribution in [2.45, 2.75) is 60.7 Å². The lowest BCUT2D eigenvalue weighted by molar-refractivity contribution is -0.646. The smallest absolute Gasteiger partial charge is 0.287 e. The molecule has 0 aliphatic heterocycles. The van der Waals surface area contributed by atoms with E-state index in [1.165, 1.54) is 76.3 Å². The second-order valence-electron chi connectivity index (χ2n) is 13.9. The highest BCUT2D eigenvalue weighted by Crippen LogP contribution is 2.43. The molecule has 4 heteroatoms. The molecule has 0 radical (unpaired) electrons. The first-order valence-electron chi connectivity index (χ1n) is 14.2. The van der Waals surface area contributed by atoms with Crippen molar-refractivity contribution in [3.8, 4) is 0 Å². The van der Waals surface area contributed by atoms with Crippen molar-refractivity contribution in [2.24, 2.45) is 12.5 Å². The van der Waals surface area contributed by atoms with E-state index >= 15 is 0 Å². The molecular formula is C35H38N3Si+. The molecule has 0 bridgehead atoms. The number of pyridine rings is 1. The highest BCUT2D eigenvalue weighted by atomic mass is 28.3. The van der Waals surface area contributed by atoms with Gasteiger partial charge in [-0.3, -0.25) is 0 Å². The molecule has 0 aliphatic carbocycles. The van der Waals surface area contributed by atoms with E-state index in [0.717, 1.165) is 11.9 Å². The van der Waals surface area contributed by atoms with Gasteiger partial charge >= 0.3 is 0 Å². The second-order valence-corrected chi connectivity index (χ2v) is 19.0. The van der Waals surface area contributed by atoms with Crippen LogP contribution in [0.4, 0.5) is 0 Å². The first-order valence-corrected chi connectivity index (χ1v) is 17.7. The molecule has 0 N–H and O–H groups in total. The van der Waals surface area contributed by atoms with Gasteiger partial charge in [-0.05, 0) is 76.3 Å². The Hall–Kier alpha value is -3.50. The maximum Gasteiger partial charge on any atom is 0.287 e. The Labute approximate surface area is 231 Å². The lowest BCUT2D eigenvalue weighted by Gasteiger charge is -2.21. The fourth-order valence-electron chi connectivity index (χ4n) is 7.17. The van der Waals surface area contributed by atoms with Crippen molar-refractivity contribution in [3.05, 3.63) is 71.5 Å². The van der Waals surface area contributed by atoms with Crippen molar-refractivity contribution in [2.75, 3.05) is 0 Å². The monoisotopic (exact) mass is 528 g/mol. The zero-order chi connectivity index (χ0) is 27.6. The number of benzene rings is 4. The molecule has 0 spiro atoms. The number of aromatic nitrogens is 3. The topological polar surface area (TPSA) is 21.2 Å². The third-order valence-corrected chi connectivity index (χ3v) is 10.8. The zero-order valence-corrected chi connectivity index (χ0v) is 25.7. The summed E-state index contributed by atoms with van der Waals surface area (Å²) in [5.74, 6) is 0. The maximum atomic E-state index is 4.91. The minimum atomic E-state index is -1.60. The van der Waals surface area contributed by atoms with Crippen LogP contribution in [0.1, 0.15) is 37.5 Å². The summed E-state index contributed by atoms with van der Waals surface area (Å²) >= 11 is 0. The Morgan fingerprint density at radius 1 is 0.821 bits per heavy atom. The number of rotatable bonds is 2. The van der Waals surface area contributed by atoms with Crippen LogP contribution in [0.2, 0.25) is 19.6 Å². The molecule has 7 rings (SSSR count). The summed E-state index contributed by atoms with van der Waals surface area (Å²) in [5.41, 5.74) is 10.7. The summed E-state index contributed by atoms with van der Waals surface area (Å²) in [7, 11) is 0.562. The minimum absolute atomic E-state index is 0.247. The Morgan fingerprint density at radius 3 is 2.28 bits per heavy atom. The molecule has 196 valence electrons. The minimum Gasteiger partial charge on any atom is -0.307 e. The molecule has 3 nitrogen and oxygen atoms in total. The molecule has 0 aliphatic rings. The first-order chi connectivity index (χ1) is 18.4. The number of hydrogen-bond acceptors (Lipinski definition) is 1. The predicted molar refractivity (Wildman–Crippen MR) is 171 cm³/mol. The van der Waals surface area contributed by atoms with Crippen LogP contribution in [-0.2, 0) is 13.5 Å². The molecule has 0 fully saturated rings. The van der Waals surface area contributed by atoms with Crippen molar-refractivity contribution < 1.29 is 4.57 Å². The van der Waals surface area contributed by atoms with Crippen LogP contribution in [0.15, 0.2) is 54.9 Å². The molecule has 0 saturated heterocycles. The Balaban J connectivity index is 1.81. The van der Waals surface area contributed by atoms with E-state index in [1.807, 2.05) is 6.33 Å². The molecule has 4 aromatic carbocycles. The normalized spacial score (nSPS) is 13.4. The fourth-order valence-corrected chi connectivity index (χ4v) is 8.78. The Bertz CT molecular complexity index is 2140. The highest BCUT2D eigenvalue weighted by Gasteiger charge is 2.29. The molecule has 7 aromatic rings. The fraction of sp³-hybridized carbons (Fsp3) is 0.314. The van der Waals surface area contributed by atoms with Gasteiger partial charge in [0.05, 0.1) is 42.4 Å². The van der Waals surface area contributed by atoms with E-state index < -0.39 is 8.07 Å². The van der Waals surface area contributed by atoms with Crippen LogP contribution in [0.3, 0.4) is 0 Å². The van der Waals surface area contributed by atoms with Crippen molar-refractivity contribution >= 4 is 73.2 Å². The highest BCUT2D eigenvalue weighted by molar-refractivity contribution is 6.90. The first kappa shape index (κ1) is 24.5. The Morgan fingerprint density at radius 2 is 1.56 bits per heavy atom. The van der Waals surface area contributed by atoms with Gasteiger partial charge in [0.1, 0.15) is 5.52 Å². The van der Waals surface area contributed by atoms with Gasteiger partial charge in [0.2, 0.25) is 0 Å². The Kier molecular flexibility index (Phi) is 4.90. The quantitative estimate of drug-likeness (QED) is 0.0961. The summed E-state index contributed by atoms with van der Waals surface area (Å²) in [6.45, 7) is 19.0. The number of fused-ring (bicyclic) bond motifs is 7. The van der Waals surface area contributed by atoms with E-state index in [9.17, 15) is 0 Å². The van der Waals surface area contributed by atoms with Crippen LogP contribution in [0.25, 0.3) is 59.9 Å². The third-order valence-electron chi connectivity index (χ3n) is 8.75. The van der Waals surface area contributed by atoms with Gasteiger partial charge in [-0.2, -0.15) is 0 Å². The molecule has 3 heterocycles. The van der Waals surface area contributed by atoms with Gasteiger partial charge in [0.15, 0.2) is 5.52 Å². The molecule has 0 saturated carbocycles. The maximum absolute atomic E-state index is 4.91. The lowest BCUT2D eigenvalue weighted by atomic mass is 9.86. The van der Waals surface area contributed by atoms with Crippen LogP contribution in [0, 0.1) is 19.3 Å².